The van der Waals surface area contributed by atoms with E-state index in [9.17, 15) is 4.79 Å². The first-order valence-corrected chi connectivity index (χ1v) is 12.3. The molecule has 0 aromatic carbocycles. The second-order valence-electron chi connectivity index (χ2n) is 8.60. The topological polar surface area (TPSA) is 43.1 Å². The lowest BCUT2D eigenvalue weighted by Gasteiger charge is -2.33. The molecule has 1 saturated carbocycles. The third kappa shape index (κ3) is 4.05. The molecule has 2 N–H and O–H groups in total. The molecule has 2 aliphatic rings. The predicted molar refractivity (Wildman–Crippen MR) is 123 cm³/mol. The number of halogens is 6. The minimum atomic E-state index is -1.42. The highest BCUT2D eigenvalue weighted by atomic mass is 35.5. The normalized spacial score (nSPS) is 33.4. The highest BCUT2D eigenvalue weighted by Gasteiger charge is 2.77. The zero-order valence-corrected chi connectivity index (χ0v) is 20.9. The Bertz CT molecular complexity index is 638. The van der Waals surface area contributed by atoms with Crippen LogP contribution in [0.5, 0.6) is 0 Å². The molecule has 2 aliphatic carbocycles. The quantitative estimate of drug-likeness (QED) is 0.222. The second-order valence-corrected chi connectivity index (χ2v) is 11.9. The van der Waals surface area contributed by atoms with E-state index in [0.29, 0.717) is 6.42 Å². The summed E-state index contributed by atoms with van der Waals surface area (Å²) in [5.74, 6) is -0.207. The van der Waals surface area contributed by atoms with Crippen LogP contribution >= 0.6 is 69.6 Å². The molecule has 2 rings (SSSR count). The zero-order valence-electron chi connectivity index (χ0n) is 16.4. The van der Waals surface area contributed by atoms with Gasteiger partial charge in [0.25, 0.3) is 0 Å². The maximum absolute atomic E-state index is 11.7. The van der Waals surface area contributed by atoms with Crippen molar-refractivity contribution in [2.75, 3.05) is 0 Å². The van der Waals surface area contributed by atoms with Crippen LogP contribution in [0.2, 0.25) is 0 Å². The zero-order chi connectivity index (χ0) is 21.4. The number of carbonyl (C=O) groups excluding carboxylic acids is 1. The Morgan fingerprint density at radius 3 is 2.11 bits per heavy atom. The van der Waals surface area contributed by atoms with Gasteiger partial charge in [-0.1, -0.05) is 98.8 Å². The lowest BCUT2D eigenvalue weighted by atomic mass is 9.80. The van der Waals surface area contributed by atoms with Crippen molar-refractivity contribution in [2.45, 2.75) is 92.1 Å². The third-order valence-corrected chi connectivity index (χ3v) is 10.9. The van der Waals surface area contributed by atoms with E-state index in [0.717, 1.165) is 57.8 Å². The lowest BCUT2D eigenvalue weighted by Crippen LogP contribution is -2.44. The van der Waals surface area contributed by atoms with Crippen LogP contribution in [-0.4, -0.2) is 20.0 Å². The number of amides is 1. The minimum Gasteiger partial charge on any atom is -0.369 e. The smallest absolute Gasteiger partial charge is 0.223 e. The summed E-state index contributed by atoms with van der Waals surface area (Å²) in [7, 11) is 0. The summed E-state index contributed by atoms with van der Waals surface area (Å²) in [5.41, 5.74) is 5.19. The van der Waals surface area contributed by atoms with E-state index in [1.54, 1.807) is 0 Å². The Morgan fingerprint density at radius 1 is 1.04 bits per heavy atom. The molecule has 162 valence electrons. The largest absolute Gasteiger partial charge is 0.369 e. The minimum absolute atomic E-state index is 0.0145. The average molecular weight is 512 g/mol. The van der Waals surface area contributed by atoms with Gasteiger partial charge < -0.3 is 5.73 Å². The van der Waals surface area contributed by atoms with Gasteiger partial charge in [0, 0.05) is 5.41 Å². The van der Waals surface area contributed by atoms with Gasteiger partial charge >= 0.3 is 0 Å². The number of primary amides is 1. The Balaban J connectivity index is 1.76. The van der Waals surface area contributed by atoms with Crippen molar-refractivity contribution in [1.82, 2.24) is 0 Å². The summed E-state index contributed by atoms with van der Waals surface area (Å²) in [4.78, 5) is 9.46. The average Bonchev–Trinajstić information content (AvgIpc) is 2.83. The monoisotopic (exact) mass is 509 g/mol. The first-order chi connectivity index (χ1) is 12.9. The molecule has 8 heteroatoms. The van der Waals surface area contributed by atoms with Gasteiger partial charge in [-0.05, 0) is 31.6 Å². The van der Waals surface area contributed by atoms with Gasteiger partial charge in [-0.3, -0.25) is 4.79 Å². The molecular weight excluding hydrogens is 483 g/mol. The van der Waals surface area contributed by atoms with Gasteiger partial charge in [-0.25, -0.2) is 0 Å². The molecule has 28 heavy (non-hydrogen) atoms. The molecular formula is C20H29Cl6NO. The molecule has 0 aromatic heterocycles. The molecule has 0 heterocycles. The predicted octanol–water partition coefficient (Wildman–Crippen LogP) is 7.86. The van der Waals surface area contributed by atoms with Crippen LogP contribution in [0.1, 0.15) is 78.1 Å². The van der Waals surface area contributed by atoms with Gasteiger partial charge in [-0.2, -0.15) is 0 Å². The Kier molecular flexibility index (Phi) is 8.29. The molecule has 0 spiro atoms. The molecule has 0 saturated heterocycles. The van der Waals surface area contributed by atoms with Crippen molar-refractivity contribution in [1.29, 1.82) is 0 Å². The molecule has 1 amide bonds. The van der Waals surface area contributed by atoms with Crippen LogP contribution in [0, 0.1) is 11.3 Å². The van der Waals surface area contributed by atoms with Crippen LogP contribution < -0.4 is 5.73 Å². The highest BCUT2D eigenvalue weighted by Crippen LogP contribution is 2.74. The molecule has 2 nitrogen and oxygen atoms in total. The molecule has 4 atom stereocenters. The summed E-state index contributed by atoms with van der Waals surface area (Å²) in [6.45, 7) is 4.05. The number of hydrogen-bond donors (Lipinski definition) is 1. The standard InChI is InChI=1S/C20H29Cl6NO/c1-3-10-17(2,16(27)28)11-8-6-4-5-7-9-13-12-18(23)14(21)15(22)19(13,24)20(18,25)26/h13H,3-12H2,1-2H3,(H2,27,28). The number of allylic oxidation sites excluding steroid dienone is 2. The van der Waals surface area contributed by atoms with Crippen molar-refractivity contribution in [3.8, 4) is 0 Å². The fourth-order valence-corrected chi connectivity index (χ4v) is 7.57. The highest BCUT2D eigenvalue weighted by molar-refractivity contribution is 6.65. The van der Waals surface area contributed by atoms with E-state index < -0.39 is 14.1 Å². The molecule has 0 aliphatic heterocycles. The summed E-state index contributed by atoms with van der Waals surface area (Å²) < 4.78 is -1.42. The number of carbonyl (C=O) groups is 1. The SMILES string of the molecule is CCCC(C)(CCCCCCCC1CC2(Cl)C(Cl)=C(Cl)C1(Cl)C2(Cl)Cl)C(N)=O. The van der Waals surface area contributed by atoms with E-state index in [2.05, 4.69) is 6.92 Å². The Morgan fingerprint density at radius 2 is 1.61 bits per heavy atom. The van der Waals surface area contributed by atoms with Crippen LogP contribution in [0.3, 0.4) is 0 Å². The summed E-state index contributed by atoms with van der Waals surface area (Å²) in [5, 5.41) is 0.561. The molecule has 2 bridgehead atoms. The van der Waals surface area contributed by atoms with E-state index in [-0.39, 0.29) is 27.3 Å². The van der Waals surface area contributed by atoms with Gasteiger partial charge in [0.05, 0.1) is 10.1 Å². The summed E-state index contributed by atoms with van der Waals surface area (Å²) >= 11 is 39.1. The van der Waals surface area contributed by atoms with Crippen LogP contribution in [0.4, 0.5) is 0 Å². The Hall–Kier alpha value is 0.950. The molecule has 1 fully saturated rings. The van der Waals surface area contributed by atoms with Crippen LogP contribution in [0.25, 0.3) is 0 Å². The second kappa shape index (κ2) is 9.21. The summed E-state index contributed by atoms with van der Waals surface area (Å²) in [6, 6.07) is 0. The fraction of sp³-hybridized carbons (Fsp3) is 0.850. The van der Waals surface area contributed by atoms with E-state index in [1.165, 1.54) is 0 Å². The van der Waals surface area contributed by atoms with E-state index in [1.807, 2.05) is 6.92 Å². The van der Waals surface area contributed by atoms with Crippen molar-refractivity contribution >= 4 is 75.5 Å². The van der Waals surface area contributed by atoms with Crippen molar-refractivity contribution in [2.24, 2.45) is 17.1 Å². The first kappa shape index (κ1) is 25.2. The number of fused-ring (bicyclic) bond motifs is 2. The van der Waals surface area contributed by atoms with E-state index in [4.69, 9.17) is 75.3 Å². The van der Waals surface area contributed by atoms with Crippen molar-refractivity contribution < 1.29 is 4.79 Å². The van der Waals surface area contributed by atoms with Gasteiger partial charge in [-0.15, -0.1) is 23.2 Å². The van der Waals surface area contributed by atoms with Crippen LogP contribution in [-0.2, 0) is 4.79 Å². The molecule has 4 unspecified atom stereocenters. The van der Waals surface area contributed by atoms with Gasteiger partial charge in [0.1, 0.15) is 9.75 Å². The Labute approximate surface area is 198 Å². The van der Waals surface area contributed by atoms with Gasteiger partial charge in [0.15, 0.2) is 4.33 Å². The maximum Gasteiger partial charge on any atom is 0.223 e. The number of alkyl halides is 4. The fourth-order valence-electron chi connectivity index (χ4n) is 4.69. The van der Waals surface area contributed by atoms with Crippen LogP contribution in [0.15, 0.2) is 10.1 Å². The first-order valence-electron chi connectivity index (χ1n) is 10.00. The number of rotatable bonds is 11. The summed E-state index contributed by atoms with van der Waals surface area (Å²) in [6.07, 6.45) is 9.23. The lowest BCUT2D eigenvalue weighted by molar-refractivity contribution is -0.127. The maximum atomic E-state index is 11.7. The van der Waals surface area contributed by atoms with E-state index >= 15 is 0 Å². The molecule has 0 aromatic rings. The van der Waals surface area contributed by atoms with Crippen molar-refractivity contribution in [3.05, 3.63) is 10.1 Å². The third-order valence-electron chi connectivity index (χ3n) is 6.58. The van der Waals surface area contributed by atoms with Gasteiger partial charge in [0.2, 0.25) is 5.91 Å². The number of hydrogen-bond acceptors (Lipinski definition) is 1. The number of nitrogens with two attached hydrogens (primary N) is 1. The molecule has 0 radical (unpaired) electrons. The van der Waals surface area contributed by atoms with Crippen molar-refractivity contribution in [3.63, 3.8) is 0 Å². The number of unbranched alkanes of at least 4 members (excludes halogenated alkanes) is 4.